The van der Waals surface area contributed by atoms with Crippen molar-refractivity contribution in [3.05, 3.63) is 64.7 Å². The van der Waals surface area contributed by atoms with Crippen molar-refractivity contribution in [2.24, 2.45) is 5.92 Å². The number of carbonyl (C=O) groups excluding carboxylic acids is 2. The van der Waals surface area contributed by atoms with Gasteiger partial charge < -0.3 is 10.6 Å². The van der Waals surface area contributed by atoms with Gasteiger partial charge in [-0.25, -0.2) is 12.7 Å². The first-order valence-electron chi connectivity index (χ1n) is 10.9. The minimum atomic E-state index is -3.51. The van der Waals surface area contributed by atoms with Crippen molar-refractivity contribution in [2.75, 3.05) is 18.4 Å². The van der Waals surface area contributed by atoms with Crippen molar-refractivity contribution in [1.29, 1.82) is 0 Å². The number of carbonyl (C=O) groups is 2. The van der Waals surface area contributed by atoms with Crippen LogP contribution in [0, 0.1) is 5.92 Å². The predicted octanol–water partition coefficient (Wildman–Crippen LogP) is 4.05. The number of anilines is 1. The van der Waals surface area contributed by atoms with E-state index >= 15 is 0 Å². The van der Waals surface area contributed by atoms with E-state index in [2.05, 4.69) is 10.6 Å². The van der Waals surface area contributed by atoms with Gasteiger partial charge in [0.1, 0.15) is 0 Å². The number of amides is 2. The number of piperidine rings is 1. The number of rotatable bonds is 6. The van der Waals surface area contributed by atoms with E-state index in [9.17, 15) is 18.0 Å². The van der Waals surface area contributed by atoms with Crippen molar-refractivity contribution in [1.82, 2.24) is 9.62 Å². The molecule has 7 nitrogen and oxygen atoms in total. The van der Waals surface area contributed by atoms with Gasteiger partial charge in [0, 0.05) is 29.6 Å². The van der Waals surface area contributed by atoms with Gasteiger partial charge in [-0.3, -0.25) is 9.59 Å². The lowest BCUT2D eigenvalue weighted by molar-refractivity contribution is -0.120. The second-order valence-electron chi connectivity index (χ2n) is 9.30. The van der Waals surface area contributed by atoms with Crippen LogP contribution in [0.3, 0.4) is 0 Å². The summed E-state index contributed by atoms with van der Waals surface area (Å²) in [6, 6.07) is 13.7. The van der Waals surface area contributed by atoms with Crippen molar-refractivity contribution >= 4 is 39.1 Å². The summed E-state index contributed by atoms with van der Waals surface area (Å²) in [6.45, 7) is 6.21. The zero-order chi connectivity index (χ0) is 24.2. The van der Waals surface area contributed by atoms with Crippen LogP contribution in [0.2, 0.25) is 5.02 Å². The van der Waals surface area contributed by atoms with Gasteiger partial charge in [0.25, 0.3) is 5.91 Å². The number of hydrogen-bond acceptors (Lipinski definition) is 4. The second-order valence-corrected chi connectivity index (χ2v) is 11.7. The molecule has 3 rings (SSSR count). The zero-order valence-corrected chi connectivity index (χ0v) is 20.7. The maximum Gasteiger partial charge on any atom is 0.253 e. The fourth-order valence-corrected chi connectivity index (χ4v) is 5.52. The summed E-state index contributed by atoms with van der Waals surface area (Å²) in [7, 11) is -3.51. The molecular weight excluding hydrogens is 462 g/mol. The molecule has 1 heterocycles. The third kappa shape index (κ3) is 7.03. The summed E-state index contributed by atoms with van der Waals surface area (Å²) in [6.07, 6.45) is 0.827. The third-order valence-corrected chi connectivity index (χ3v) is 7.46. The average molecular weight is 492 g/mol. The number of para-hydroxylation sites is 1. The Morgan fingerprint density at radius 2 is 1.73 bits per heavy atom. The molecule has 1 aliphatic rings. The van der Waals surface area contributed by atoms with Crippen LogP contribution in [0.5, 0.6) is 0 Å². The molecule has 0 unspecified atom stereocenters. The lowest BCUT2D eigenvalue weighted by Gasteiger charge is -2.30. The van der Waals surface area contributed by atoms with E-state index in [1.165, 1.54) is 4.31 Å². The van der Waals surface area contributed by atoms with E-state index in [0.717, 1.165) is 0 Å². The molecule has 0 atom stereocenters. The van der Waals surface area contributed by atoms with Gasteiger partial charge in [0.2, 0.25) is 15.9 Å². The minimum absolute atomic E-state index is 0.124. The monoisotopic (exact) mass is 491 g/mol. The molecule has 178 valence electrons. The van der Waals surface area contributed by atoms with Crippen LogP contribution < -0.4 is 10.6 Å². The highest BCUT2D eigenvalue weighted by molar-refractivity contribution is 7.88. The van der Waals surface area contributed by atoms with Crippen LogP contribution in [0.4, 0.5) is 5.69 Å². The summed E-state index contributed by atoms with van der Waals surface area (Å²) in [5.74, 6) is -0.930. The number of sulfonamides is 1. The van der Waals surface area contributed by atoms with Gasteiger partial charge in [0.05, 0.1) is 17.0 Å². The van der Waals surface area contributed by atoms with Crippen molar-refractivity contribution in [3.8, 4) is 0 Å². The van der Waals surface area contributed by atoms with E-state index in [4.69, 9.17) is 11.6 Å². The molecule has 9 heteroatoms. The SMILES string of the molecule is CC(C)(C)NC(=O)c1ccccc1NC(=O)C1CCN(S(=O)(=O)Cc2cccc(Cl)c2)CC1. The Morgan fingerprint density at radius 1 is 1.06 bits per heavy atom. The summed E-state index contributed by atoms with van der Waals surface area (Å²) in [5, 5.41) is 6.26. The molecule has 1 fully saturated rings. The molecule has 0 radical (unpaired) electrons. The molecule has 0 aliphatic carbocycles. The Kier molecular flexibility index (Phi) is 7.82. The predicted molar refractivity (Wildman–Crippen MR) is 131 cm³/mol. The van der Waals surface area contributed by atoms with Gasteiger partial charge in [0.15, 0.2) is 0 Å². The van der Waals surface area contributed by atoms with E-state index < -0.39 is 15.6 Å². The van der Waals surface area contributed by atoms with Gasteiger partial charge in [-0.05, 0) is 63.4 Å². The largest absolute Gasteiger partial charge is 0.347 e. The van der Waals surface area contributed by atoms with E-state index in [1.807, 2.05) is 20.8 Å². The van der Waals surface area contributed by atoms with Crippen LogP contribution in [0.1, 0.15) is 49.5 Å². The minimum Gasteiger partial charge on any atom is -0.347 e. The highest BCUT2D eigenvalue weighted by atomic mass is 35.5. The topological polar surface area (TPSA) is 95.6 Å². The molecule has 0 spiro atoms. The van der Waals surface area contributed by atoms with Crippen LogP contribution in [0.25, 0.3) is 0 Å². The Morgan fingerprint density at radius 3 is 2.36 bits per heavy atom. The standard InChI is InChI=1S/C24H30ClN3O4S/c1-24(2,3)27-23(30)20-9-4-5-10-21(20)26-22(29)18-11-13-28(14-12-18)33(31,32)16-17-7-6-8-19(25)15-17/h4-10,15,18H,11-14,16H2,1-3H3,(H,26,29)(H,27,30). The van der Waals surface area contributed by atoms with Crippen LogP contribution in [-0.4, -0.2) is 43.2 Å². The number of nitrogens with zero attached hydrogens (tertiary/aromatic N) is 1. The second kappa shape index (κ2) is 10.2. The van der Waals surface area contributed by atoms with Crippen molar-refractivity contribution in [2.45, 2.75) is 44.9 Å². The lowest BCUT2D eigenvalue weighted by atomic mass is 9.97. The average Bonchev–Trinajstić information content (AvgIpc) is 2.72. The molecule has 1 aliphatic heterocycles. The molecule has 2 amide bonds. The Balaban J connectivity index is 1.61. The molecule has 0 aromatic heterocycles. The summed E-state index contributed by atoms with van der Waals surface area (Å²) < 4.78 is 27.0. The van der Waals surface area contributed by atoms with E-state index in [-0.39, 0.29) is 36.6 Å². The van der Waals surface area contributed by atoms with Gasteiger partial charge in [-0.1, -0.05) is 35.9 Å². The Bertz CT molecular complexity index is 1120. The molecule has 0 saturated carbocycles. The number of halogens is 1. The van der Waals surface area contributed by atoms with Gasteiger partial charge in [-0.2, -0.15) is 0 Å². The van der Waals surface area contributed by atoms with Crippen LogP contribution in [0.15, 0.2) is 48.5 Å². The van der Waals surface area contributed by atoms with E-state index in [0.29, 0.717) is 34.7 Å². The first kappa shape index (κ1) is 25.2. The maximum absolute atomic E-state index is 12.9. The van der Waals surface area contributed by atoms with Crippen molar-refractivity contribution < 1.29 is 18.0 Å². The van der Waals surface area contributed by atoms with Crippen molar-refractivity contribution in [3.63, 3.8) is 0 Å². The van der Waals surface area contributed by atoms with E-state index in [1.54, 1.807) is 48.5 Å². The number of nitrogens with one attached hydrogen (secondary N) is 2. The first-order valence-corrected chi connectivity index (χ1v) is 12.9. The number of hydrogen-bond donors (Lipinski definition) is 2. The quantitative estimate of drug-likeness (QED) is 0.637. The Hall–Kier alpha value is -2.42. The normalized spacial score (nSPS) is 15.8. The highest BCUT2D eigenvalue weighted by Crippen LogP contribution is 2.25. The summed E-state index contributed by atoms with van der Waals surface area (Å²) in [4.78, 5) is 25.5. The summed E-state index contributed by atoms with van der Waals surface area (Å²) >= 11 is 5.96. The molecular formula is C24H30ClN3O4S. The highest BCUT2D eigenvalue weighted by Gasteiger charge is 2.31. The fraction of sp³-hybridized carbons (Fsp3) is 0.417. The molecule has 0 bridgehead atoms. The molecule has 2 aromatic rings. The van der Waals surface area contributed by atoms with Crippen LogP contribution >= 0.6 is 11.6 Å². The van der Waals surface area contributed by atoms with Crippen LogP contribution in [-0.2, 0) is 20.6 Å². The zero-order valence-electron chi connectivity index (χ0n) is 19.1. The molecule has 33 heavy (non-hydrogen) atoms. The van der Waals surface area contributed by atoms with Gasteiger partial charge in [-0.15, -0.1) is 0 Å². The smallest absolute Gasteiger partial charge is 0.253 e. The Labute approximate surface area is 200 Å². The molecule has 1 saturated heterocycles. The molecule has 2 aromatic carbocycles. The lowest BCUT2D eigenvalue weighted by Crippen LogP contribution is -2.42. The fourth-order valence-electron chi connectivity index (χ4n) is 3.76. The third-order valence-electron chi connectivity index (χ3n) is 5.37. The summed E-state index contributed by atoms with van der Waals surface area (Å²) in [5.41, 5.74) is 1.06. The number of benzene rings is 2. The maximum atomic E-state index is 12.9. The van der Waals surface area contributed by atoms with Gasteiger partial charge >= 0.3 is 0 Å². The molecule has 2 N–H and O–H groups in total. The first-order chi connectivity index (χ1) is 15.4.